The summed E-state index contributed by atoms with van der Waals surface area (Å²) in [6, 6.07) is 10.6. The lowest BCUT2D eigenvalue weighted by Crippen LogP contribution is -2.49. The minimum absolute atomic E-state index is 0.132. The zero-order valence-electron chi connectivity index (χ0n) is 18.1. The monoisotopic (exact) mass is 448 g/mol. The predicted molar refractivity (Wildman–Crippen MR) is 124 cm³/mol. The minimum atomic E-state index is -0.595. The smallest absolute Gasteiger partial charge is 0.242 e. The molecule has 0 saturated heterocycles. The molecule has 162 valence electrons. The van der Waals surface area contributed by atoms with Crippen LogP contribution in [0, 0.1) is 13.8 Å². The van der Waals surface area contributed by atoms with Gasteiger partial charge in [0.05, 0.1) is 6.42 Å². The van der Waals surface area contributed by atoms with Gasteiger partial charge in [-0.3, -0.25) is 9.59 Å². The highest BCUT2D eigenvalue weighted by molar-refractivity contribution is 6.36. The molecule has 0 aliphatic heterocycles. The first-order valence-electron chi connectivity index (χ1n) is 10.3. The second-order valence-electron chi connectivity index (χ2n) is 7.53. The van der Waals surface area contributed by atoms with Crippen molar-refractivity contribution in [2.75, 3.05) is 6.54 Å². The second kappa shape index (κ2) is 11.4. The zero-order valence-corrected chi connectivity index (χ0v) is 19.6. The maximum absolute atomic E-state index is 13.4. The van der Waals surface area contributed by atoms with Crippen molar-refractivity contribution >= 4 is 35.0 Å². The van der Waals surface area contributed by atoms with Gasteiger partial charge in [-0.05, 0) is 55.5 Å². The molecule has 0 aromatic heterocycles. The number of carbonyl (C=O) groups excluding carboxylic acids is 2. The molecule has 0 heterocycles. The van der Waals surface area contributed by atoms with Crippen LogP contribution in [-0.2, 0) is 22.6 Å². The lowest BCUT2D eigenvalue weighted by molar-refractivity contribution is -0.140. The number of amides is 2. The van der Waals surface area contributed by atoms with Crippen LogP contribution in [0.3, 0.4) is 0 Å². The number of rotatable bonds is 9. The molecule has 30 heavy (non-hydrogen) atoms. The van der Waals surface area contributed by atoms with E-state index in [-0.39, 0.29) is 24.8 Å². The molecular weight excluding hydrogens is 419 g/mol. The third-order valence-corrected chi connectivity index (χ3v) is 5.96. The Morgan fingerprint density at radius 2 is 1.70 bits per heavy atom. The highest BCUT2D eigenvalue weighted by atomic mass is 35.5. The molecule has 0 spiro atoms. The lowest BCUT2D eigenvalue weighted by Gasteiger charge is -2.31. The quantitative estimate of drug-likeness (QED) is 0.551. The standard InChI is InChI=1S/C24H30Cl2N2O2/c1-5-12-27-24(30)22(6-2)28(15-19-20(25)8-7-9-21(19)26)23(29)14-18-11-10-16(3)17(4)13-18/h7-11,13,22H,5-6,12,14-15H2,1-4H3,(H,27,30)/t22-/m0/s1. The van der Waals surface area contributed by atoms with E-state index < -0.39 is 6.04 Å². The second-order valence-corrected chi connectivity index (χ2v) is 8.35. The van der Waals surface area contributed by atoms with Crippen LogP contribution < -0.4 is 5.32 Å². The van der Waals surface area contributed by atoms with Crippen molar-refractivity contribution in [2.24, 2.45) is 0 Å². The number of aryl methyl sites for hydroxylation is 2. The Balaban J connectivity index is 2.36. The average Bonchev–Trinajstić information content (AvgIpc) is 2.71. The van der Waals surface area contributed by atoms with Gasteiger partial charge < -0.3 is 10.2 Å². The van der Waals surface area contributed by atoms with Gasteiger partial charge in [0.25, 0.3) is 0 Å². The Hall–Kier alpha value is -2.04. The average molecular weight is 449 g/mol. The molecule has 2 aromatic rings. The lowest BCUT2D eigenvalue weighted by atomic mass is 10.0. The van der Waals surface area contributed by atoms with Crippen molar-refractivity contribution in [3.05, 3.63) is 68.7 Å². The van der Waals surface area contributed by atoms with Crippen LogP contribution in [0.25, 0.3) is 0 Å². The highest BCUT2D eigenvalue weighted by Crippen LogP contribution is 2.27. The van der Waals surface area contributed by atoms with E-state index in [0.717, 1.165) is 17.5 Å². The first-order chi connectivity index (χ1) is 14.3. The van der Waals surface area contributed by atoms with Crippen LogP contribution in [0.2, 0.25) is 10.0 Å². The van der Waals surface area contributed by atoms with E-state index in [1.807, 2.05) is 45.9 Å². The van der Waals surface area contributed by atoms with E-state index in [1.54, 1.807) is 23.1 Å². The van der Waals surface area contributed by atoms with Gasteiger partial charge in [0, 0.05) is 28.7 Å². The Bertz CT molecular complexity index is 879. The van der Waals surface area contributed by atoms with E-state index in [4.69, 9.17) is 23.2 Å². The summed E-state index contributed by atoms with van der Waals surface area (Å²) in [6.07, 6.45) is 1.53. The minimum Gasteiger partial charge on any atom is -0.354 e. The normalized spacial score (nSPS) is 11.8. The third-order valence-electron chi connectivity index (χ3n) is 5.25. The molecule has 0 aliphatic carbocycles. The topological polar surface area (TPSA) is 49.4 Å². The van der Waals surface area contributed by atoms with Crippen molar-refractivity contribution in [3.8, 4) is 0 Å². The first kappa shape index (κ1) is 24.2. The molecular formula is C24H30Cl2N2O2. The van der Waals surface area contributed by atoms with Crippen LogP contribution in [0.5, 0.6) is 0 Å². The van der Waals surface area contributed by atoms with Gasteiger partial charge in [-0.2, -0.15) is 0 Å². The van der Waals surface area contributed by atoms with E-state index in [1.165, 1.54) is 5.56 Å². The van der Waals surface area contributed by atoms with Gasteiger partial charge in [-0.25, -0.2) is 0 Å². The summed E-state index contributed by atoms with van der Waals surface area (Å²) in [6.45, 7) is 8.71. The van der Waals surface area contributed by atoms with Gasteiger partial charge in [-0.15, -0.1) is 0 Å². The van der Waals surface area contributed by atoms with Crippen molar-refractivity contribution in [1.29, 1.82) is 0 Å². The number of nitrogens with one attached hydrogen (secondary N) is 1. The number of benzene rings is 2. The van der Waals surface area contributed by atoms with Crippen molar-refractivity contribution < 1.29 is 9.59 Å². The molecule has 6 heteroatoms. The maximum atomic E-state index is 13.4. The summed E-state index contributed by atoms with van der Waals surface area (Å²) < 4.78 is 0. The summed E-state index contributed by atoms with van der Waals surface area (Å²) in [5, 5.41) is 3.88. The predicted octanol–water partition coefficient (Wildman–Crippen LogP) is 5.49. The Labute approximate surface area is 189 Å². The van der Waals surface area contributed by atoms with Crippen molar-refractivity contribution in [3.63, 3.8) is 0 Å². The van der Waals surface area contributed by atoms with Crippen LogP contribution in [0.1, 0.15) is 48.9 Å². The summed E-state index contributed by atoms with van der Waals surface area (Å²) in [7, 11) is 0. The Morgan fingerprint density at radius 3 is 2.27 bits per heavy atom. The molecule has 2 rings (SSSR count). The van der Waals surface area contributed by atoms with Crippen LogP contribution in [0.4, 0.5) is 0 Å². The number of hydrogen-bond acceptors (Lipinski definition) is 2. The maximum Gasteiger partial charge on any atom is 0.242 e. The molecule has 1 atom stereocenters. The highest BCUT2D eigenvalue weighted by Gasteiger charge is 2.29. The molecule has 0 aliphatic rings. The van der Waals surface area contributed by atoms with Crippen LogP contribution >= 0.6 is 23.2 Å². The van der Waals surface area contributed by atoms with Gasteiger partial charge in [-0.1, -0.05) is 61.3 Å². The number of halogens is 2. The third kappa shape index (κ3) is 6.23. The first-order valence-corrected chi connectivity index (χ1v) is 11.1. The van der Waals surface area contributed by atoms with Crippen molar-refractivity contribution in [2.45, 2.75) is 59.5 Å². The Morgan fingerprint density at radius 1 is 1.03 bits per heavy atom. The molecule has 0 saturated carbocycles. The molecule has 4 nitrogen and oxygen atoms in total. The SMILES string of the molecule is CCCNC(=O)[C@H](CC)N(Cc1c(Cl)cccc1Cl)C(=O)Cc1ccc(C)c(C)c1. The Kier molecular flexibility index (Phi) is 9.19. The van der Waals surface area contributed by atoms with Gasteiger partial charge >= 0.3 is 0 Å². The zero-order chi connectivity index (χ0) is 22.3. The summed E-state index contributed by atoms with van der Waals surface area (Å²) in [4.78, 5) is 27.8. The van der Waals surface area contributed by atoms with Gasteiger partial charge in [0.2, 0.25) is 11.8 Å². The summed E-state index contributed by atoms with van der Waals surface area (Å²) >= 11 is 12.7. The van der Waals surface area contributed by atoms with Crippen LogP contribution in [0.15, 0.2) is 36.4 Å². The van der Waals surface area contributed by atoms with Crippen molar-refractivity contribution in [1.82, 2.24) is 10.2 Å². The van der Waals surface area contributed by atoms with Gasteiger partial charge in [0.1, 0.15) is 6.04 Å². The van der Waals surface area contributed by atoms with E-state index in [0.29, 0.717) is 28.6 Å². The van der Waals surface area contributed by atoms with E-state index in [9.17, 15) is 9.59 Å². The summed E-state index contributed by atoms with van der Waals surface area (Å²) in [5.74, 6) is -0.288. The summed E-state index contributed by atoms with van der Waals surface area (Å²) in [5.41, 5.74) is 3.88. The molecule has 0 radical (unpaired) electrons. The molecule has 0 fully saturated rings. The molecule has 2 amide bonds. The molecule has 1 N–H and O–H groups in total. The number of hydrogen-bond donors (Lipinski definition) is 1. The number of carbonyl (C=O) groups is 2. The molecule has 2 aromatic carbocycles. The fourth-order valence-corrected chi connectivity index (χ4v) is 3.85. The fourth-order valence-electron chi connectivity index (χ4n) is 3.33. The largest absolute Gasteiger partial charge is 0.354 e. The number of nitrogens with zero attached hydrogens (tertiary/aromatic N) is 1. The van der Waals surface area contributed by atoms with E-state index >= 15 is 0 Å². The van der Waals surface area contributed by atoms with Crippen LogP contribution in [-0.4, -0.2) is 29.3 Å². The van der Waals surface area contributed by atoms with Gasteiger partial charge in [0.15, 0.2) is 0 Å². The molecule has 0 unspecified atom stereocenters. The fraction of sp³-hybridized carbons (Fsp3) is 0.417. The molecule has 0 bridgehead atoms. The van der Waals surface area contributed by atoms with E-state index in [2.05, 4.69) is 5.32 Å².